The fraction of sp³-hybridized carbons (Fsp3) is 0.404. The van der Waals surface area contributed by atoms with Crippen molar-refractivity contribution in [1.29, 1.82) is 0 Å². The molecule has 0 radical (unpaired) electrons. The number of carbonyl (C=O) groups is 3. The quantitative estimate of drug-likeness (QED) is 0.0818. The zero-order valence-corrected chi connectivity index (χ0v) is 40.6. The summed E-state index contributed by atoms with van der Waals surface area (Å²) >= 11 is 0. The summed E-state index contributed by atoms with van der Waals surface area (Å²) in [5.74, 6) is -4.59. The molecule has 0 aliphatic carbocycles. The van der Waals surface area contributed by atoms with E-state index in [4.69, 9.17) is 14.7 Å². The standard InChI is InChI=1S/C52H48F12N6O4/c1-8-33-22(2)35-19-40-42(26(6)65-20-27-11-29(49(53,54)55)15-30(12-27)50(56,57)58)24(4)37(67-40)17-36-23(3)34(9-10-41(71)74-7)45(68-36)44-46-43(25(5)38(69-46)18-39(33)66-35)47(72)70(48(44)73)21-28-13-31(51(59,60)61)16-32(14-28)52(62,63)64/h11-19,22-23,26,33-34,65-66,69H,8-10,20-21H2,1-7H3/t22?,23-,26?,33?,34?/m0/s1. The molecule has 0 spiro atoms. The van der Waals surface area contributed by atoms with Gasteiger partial charge < -0.3 is 20.0 Å². The van der Waals surface area contributed by atoms with Crippen LogP contribution in [0.5, 0.6) is 0 Å². The van der Waals surface area contributed by atoms with E-state index < -0.39 is 101 Å². The van der Waals surface area contributed by atoms with Crippen molar-refractivity contribution in [2.75, 3.05) is 7.11 Å². The first-order valence-electron chi connectivity index (χ1n) is 23.4. The number of imide groups is 1. The molecule has 2 amide bonds. The van der Waals surface area contributed by atoms with Gasteiger partial charge in [0.1, 0.15) is 0 Å². The first kappa shape index (κ1) is 53.6. The van der Waals surface area contributed by atoms with Gasteiger partial charge in [-0.3, -0.25) is 24.3 Å². The highest BCUT2D eigenvalue weighted by Crippen LogP contribution is 2.47. The third-order valence-corrected chi connectivity index (χ3v) is 14.4. The average molecular weight is 1050 g/mol. The van der Waals surface area contributed by atoms with Crippen LogP contribution in [-0.4, -0.2) is 55.8 Å². The van der Waals surface area contributed by atoms with E-state index in [9.17, 15) is 62.3 Å². The van der Waals surface area contributed by atoms with Crippen LogP contribution in [0.15, 0.2) is 54.6 Å². The van der Waals surface area contributed by atoms with Crippen LogP contribution in [0.2, 0.25) is 0 Å². The molecule has 2 aromatic carbocycles. The summed E-state index contributed by atoms with van der Waals surface area (Å²) in [5.41, 5.74) is -3.39. The van der Waals surface area contributed by atoms with E-state index in [2.05, 4.69) is 15.3 Å². The number of benzene rings is 2. The molecule has 22 heteroatoms. The number of fused-ring (bicyclic) bond motifs is 8. The normalized spacial score (nSPS) is 19.3. The zero-order valence-electron chi connectivity index (χ0n) is 40.6. The van der Waals surface area contributed by atoms with Gasteiger partial charge in [-0.2, -0.15) is 52.7 Å². The van der Waals surface area contributed by atoms with E-state index in [0.717, 1.165) is 0 Å². The molecule has 8 rings (SSSR count). The molecular formula is C52H48F12N6O4. The number of carbonyl (C=O) groups excluding carboxylic acids is 3. The van der Waals surface area contributed by atoms with Crippen molar-refractivity contribution in [2.24, 2.45) is 0 Å². The van der Waals surface area contributed by atoms with E-state index in [1.165, 1.54) is 7.11 Å². The molecule has 6 heterocycles. The van der Waals surface area contributed by atoms with Crippen molar-refractivity contribution >= 4 is 40.0 Å². The van der Waals surface area contributed by atoms with Gasteiger partial charge in [-0.15, -0.1) is 0 Å². The van der Waals surface area contributed by atoms with Crippen LogP contribution >= 0.6 is 0 Å². The molecule has 394 valence electrons. The molecule has 4 aliphatic rings. The highest BCUT2D eigenvalue weighted by Gasteiger charge is 2.44. The van der Waals surface area contributed by atoms with Crippen LogP contribution in [0.25, 0.3) is 22.2 Å². The highest BCUT2D eigenvalue weighted by atomic mass is 19.4. The second kappa shape index (κ2) is 19.2. The molecule has 2 aromatic heterocycles. The third-order valence-electron chi connectivity index (χ3n) is 14.4. The van der Waals surface area contributed by atoms with E-state index >= 15 is 4.79 Å². The second-order valence-electron chi connectivity index (χ2n) is 19.0. The van der Waals surface area contributed by atoms with Crippen LogP contribution in [-0.2, 0) is 47.3 Å². The SMILES string of the molecule is CCC1c2cc3[nH]c4c(c5nc(cc6nc(cc([nH]2)C1C)C(C(C)NCc1cc(C(F)(F)F)cc(C(F)(F)F)c1)=C6C)[C@@H](C)C5CCC(=O)OC)C(=O)N(Cc1cc(C(F)(F)F)cc(C(F)(F)F)c1)C(=O)c4c3C. The Morgan fingerprint density at radius 2 is 1.26 bits per heavy atom. The Hall–Kier alpha value is -6.71. The number of methoxy groups -OCH3 is 1. The smallest absolute Gasteiger partial charge is 0.416 e. The number of nitrogens with zero attached hydrogens (tertiary/aromatic N) is 3. The molecular weight excluding hydrogens is 1000 g/mol. The summed E-state index contributed by atoms with van der Waals surface area (Å²) < 4.78 is 172. The Bertz CT molecular complexity index is 3140. The maximum atomic E-state index is 15.1. The number of aromatic amines is 2. The van der Waals surface area contributed by atoms with Crippen molar-refractivity contribution in [3.05, 3.63) is 139 Å². The topological polar surface area (TPSA) is 133 Å². The Morgan fingerprint density at radius 1 is 0.703 bits per heavy atom. The summed E-state index contributed by atoms with van der Waals surface area (Å²) in [6.07, 6.45) is -20.2. The monoisotopic (exact) mass is 1050 g/mol. The molecule has 4 unspecified atom stereocenters. The number of aryl methyl sites for hydroxylation is 1. The first-order valence-corrected chi connectivity index (χ1v) is 23.4. The highest BCUT2D eigenvalue weighted by molar-refractivity contribution is 6.23. The molecule has 3 N–H and O–H groups in total. The van der Waals surface area contributed by atoms with Crippen LogP contribution in [0.4, 0.5) is 52.7 Å². The van der Waals surface area contributed by atoms with Crippen LogP contribution in [0.1, 0.15) is 171 Å². The predicted molar refractivity (Wildman–Crippen MR) is 247 cm³/mol. The van der Waals surface area contributed by atoms with Crippen LogP contribution < -0.4 is 5.32 Å². The Balaban J connectivity index is 1.36. The number of H-pyrrole nitrogens is 2. The van der Waals surface area contributed by atoms with Gasteiger partial charge in [0.2, 0.25) is 0 Å². The lowest BCUT2D eigenvalue weighted by molar-refractivity contribution is -0.144. The van der Waals surface area contributed by atoms with Crippen molar-refractivity contribution in [3.8, 4) is 0 Å². The Labute approximate surface area is 415 Å². The summed E-state index contributed by atoms with van der Waals surface area (Å²) in [5, 5.41) is 3.09. The van der Waals surface area contributed by atoms with Gasteiger partial charge in [0, 0.05) is 65.3 Å². The molecule has 4 aromatic rings. The lowest BCUT2D eigenvalue weighted by Gasteiger charge is -2.27. The lowest BCUT2D eigenvalue weighted by Crippen LogP contribution is -2.40. The Morgan fingerprint density at radius 3 is 1.80 bits per heavy atom. The number of hydrogen-bond donors (Lipinski definition) is 3. The second-order valence-corrected chi connectivity index (χ2v) is 19.0. The first-order chi connectivity index (χ1) is 34.4. The van der Waals surface area contributed by atoms with Crippen LogP contribution in [0, 0.1) is 6.92 Å². The summed E-state index contributed by atoms with van der Waals surface area (Å²) in [6, 6.07) is 6.55. The van der Waals surface area contributed by atoms with E-state index in [0.29, 0.717) is 80.7 Å². The molecule has 5 atom stereocenters. The number of halogens is 12. The molecule has 74 heavy (non-hydrogen) atoms. The predicted octanol–water partition coefficient (Wildman–Crippen LogP) is 13.5. The largest absolute Gasteiger partial charge is 0.469 e. The number of alkyl halides is 12. The number of hydrogen-bond acceptors (Lipinski definition) is 7. The van der Waals surface area contributed by atoms with Crippen molar-refractivity contribution in [1.82, 2.24) is 30.2 Å². The van der Waals surface area contributed by atoms with E-state index in [-0.39, 0.29) is 70.3 Å². The maximum Gasteiger partial charge on any atom is 0.416 e. The van der Waals surface area contributed by atoms with Gasteiger partial charge in [-0.05, 0) is 116 Å². The molecule has 4 aliphatic heterocycles. The molecule has 8 bridgehead atoms. The number of esters is 1. The van der Waals surface area contributed by atoms with Gasteiger partial charge in [-0.25, -0.2) is 4.98 Å². The number of rotatable bonds is 10. The van der Waals surface area contributed by atoms with Crippen LogP contribution in [0.3, 0.4) is 0 Å². The van der Waals surface area contributed by atoms with E-state index in [1.807, 2.05) is 13.8 Å². The fourth-order valence-corrected chi connectivity index (χ4v) is 10.4. The van der Waals surface area contributed by atoms with Crippen molar-refractivity contribution < 1.29 is 71.8 Å². The molecule has 0 saturated carbocycles. The minimum Gasteiger partial charge on any atom is -0.469 e. The fourth-order valence-electron chi connectivity index (χ4n) is 10.4. The maximum absolute atomic E-state index is 15.1. The number of ether oxygens (including phenoxy) is 1. The Kier molecular flexibility index (Phi) is 13.9. The molecule has 0 fully saturated rings. The van der Waals surface area contributed by atoms with Gasteiger partial charge in [0.15, 0.2) is 0 Å². The minimum absolute atomic E-state index is 0.00575. The average Bonchev–Trinajstić information content (AvgIpc) is 4.00. The summed E-state index contributed by atoms with van der Waals surface area (Å²) in [4.78, 5) is 59.7. The number of amides is 2. The van der Waals surface area contributed by atoms with Gasteiger partial charge in [0.25, 0.3) is 11.8 Å². The van der Waals surface area contributed by atoms with Gasteiger partial charge in [0.05, 0.1) is 69.6 Å². The zero-order chi connectivity index (χ0) is 54.3. The lowest BCUT2D eigenvalue weighted by atomic mass is 9.84. The minimum atomic E-state index is -5.24. The van der Waals surface area contributed by atoms with Crippen molar-refractivity contribution in [3.63, 3.8) is 0 Å². The van der Waals surface area contributed by atoms with Crippen molar-refractivity contribution in [2.45, 2.75) is 128 Å². The summed E-state index contributed by atoms with van der Waals surface area (Å²) in [6.45, 7) is 9.18. The number of allylic oxidation sites excluding steroid dienone is 1. The van der Waals surface area contributed by atoms with Gasteiger partial charge >= 0.3 is 30.7 Å². The number of nitrogens with one attached hydrogen (secondary N) is 3. The van der Waals surface area contributed by atoms with Gasteiger partial charge in [-0.1, -0.05) is 20.8 Å². The van der Waals surface area contributed by atoms with E-state index in [1.54, 1.807) is 45.9 Å². The molecule has 0 saturated heterocycles. The summed E-state index contributed by atoms with van der Waals surface area (Å²) in [7, 11) is 1.17. The number of aromatic nitrogens is 4. The third kappa shape index (κ3) is 10.1. The molecule has 10 nitrogen and oxygen atoms in total.